The maximum absolute atomic E-state index is 13.2. The number of hydrogen-bond donors (Lipinski definition) is 2. The van der Waals surface area contributed by atoms with Crippen LogP contribution >= 0.6 is 0 Å². The maximum atomic E-state index is 13.2. The highest BCUT2D eigenvalue weighted by Crippen LogP contribution is 2.27. The zero-order valence-electron chi connectivity index (χ0n) is 14.8. The van der Waals surface area contributed by atoms with E-state index in [0.717, 1.165) is 12.8 Å². The van der Waals surface area contributed by atoms with Crippen molar-refractivity contribution in [3.63, 3.8) is 0 Å². The summed E-state index contributed by atoms with van der Waals surface area (Å²) < 4.78 is 32.5. The molecule has 1 fully saturated rings. The second-order valence-corrected chi connectivity index (χ2v) is 7.95. The fraction of sp³-hybridized carbons (Fsp3) is 0.529. The summed E-state index contributed by atoms with van der Waals surface area (Å²) in [6.45, 7) is 0.804. The van der Waals surface area contributed by atoms with Crippen LogP contribution in [0.25, 0.3) is 0 Å². The van der Waals surface area contributed by atoms with Crippen molar-refractivity contribution in [3.05, 3.63) is 29.8 Å². The van der Waals surface area contributed by atoms with Crippen LogP contribution in [0.1, 0.15) is 36.0 Å². The number of esters is 1. The number of benzene rings is 1. The van der Waals surface area contributed by atoms with Gasteiger partial charge in [-0.05, 0) is 25.0 Å². The Kier molecular flexibility index (Phi) is 7.13. The molecule has 0 bridgehead atoms. The molecule has 1 heterocycles. The lowest BCUT2D eigenvalue weighted by molar-refractivity contribution is -0.121. The van der Waals surface area contributed by atoms with E-state index in [0.29, 0.717) is 13.0 Å². The number of methoxy groups -OCH3 is 1. The smallest absolute Gasteiger partial charge is 0.339 e. The van der Waals surface area contributed by atoms with Crippen LogP contribution in [0.15, 0.2) is 29.2 Å². The highest BCUT2D eigenvalue weighted by atomic mass is 32.2. The lowest BCUT2D eigenvalue weighted by atomic mass is 10.1. The van der Waals surface area contributed by atoms with Gasteiger partial charge in [-0.3, -0.25) is 4.79 Å². The van der Waals surface area contributed by atoms with Gasteiger partial charge in [0.25, 0.3) is 0 Å². The summed E-state index contributed by atoms with van der Waals surface area (Å²) in [6, 6.07) is 5.63. The Bertz CT molecular complexity index is 751. The van der Waals surface area contributed by atoms with Gasteiger partial charge in [-0.2, -0.15) is 4.31 Å². The van der Waals surface area contributed by atoms with Crippen LogP contribution in [0.3, 0.4) is 0 Å². The van der Waals surface area contributed by atoms with Crippen molar-refractivity contribution in [1.29, 1.82) is 0 Å². The first kappa shape index (κ1) is 20.3. The fourth-order valence-electron chi connectivity index (χ4n) is 3.04. The van der Waals surface area contributed by atoms with Gasteiger partial charge in [0.15, 0.2) is 0 Å². The third kappa shape index (κ3) is 4.60. The van der Waals surface area contributed by atoms with Crippen LogP contribution in [-0.2, 0) is 19.6 Å². The molecule has 3 N–H and O–H groups in total. The van der Waals surface area contributed by atoms with Crippen molar-refractivity contribution in [2.75, 3.05) is 26.7 Å². The second-order valence-electron chi connectivity index (χ2n) is 6.10. The fourth-order valence-corrected chi connectivity index (χ4v) is 4.92. The van der Waals surface area contributed by atoms with Gasteiger partial charge in [-0.1, -0.05) is 18.6 Å². The summed E-state index contributed by atoms with van der Waals surface area (Å²) in [5.74, 6) is -0.903. The van der Waals surface area contributed by atoms with Gasteiger partial charge < -0.3 is 15.8 Å². The Labute approximate surface area is 153 Å². The molecule has 144 valence electrons. The topological polar surface area (TPSA) is 119 Å². The molecular formula is C17H25N3O5S. The quantitative estimate of drug-likeness (QED) is 0.661. The van der Waals surface area contributed by atoms with Gasteiger partial charge in [-0.25, -0.2) is 13.2 Å². The molecule has 1 amide bonds. The zero-order valence-corrected chi connectivity index (χ0v) is 15.6. The molecule has 1 unspecified atom stereocenters. The number of sulfonamides is 1. The number of carbonyl (C=O) groups is 2. The first-order chi connectivity index (χ1) is 12.4. The van der Waals surface area contributed by atoms with E-state index >= 15 is 0 Å². The largest absolute Gasteiger partial charge is 0.465 e. The number of hydrogen-bond acceptors (Lipinski definition) is 6. The SMILES string of the molecule is COC(=O)c1ccccc1S(=O)(=O)N1CCCCC1CNC(=O)CCN. The average Bonchev–Trinajstić information content (AvgIpc) is 2.66. The van der Waals surface area contributed by atoms with Crippen LogP contribution < -0.4 is 11.1 Å². The van der Waals surface area contributed by atoms with E-state index in [4.69, 9.17) is 10.5 Å². The molecule has 8 nitrogen and oxygen atoms in total. The number of nitrogens with zero attached hydrogens (tertiary/aromatic N) is 1. The zero-order chi connectivity index (χ0) is 19.2. The molecule has 1 aromatic rings. The van der Waals surface area contributed by atoms with Crippen molar-refractivity contribution in [3.8, 4) is 0 Å². The molecular weight excluding hydrogens is 358 g/mol. The van der Waals surface area contributed by atoms with E-state index < -0.39 is 16.0 Å². The van der Waals surface area contributed by atoms with Crippen LogP contribution in [0, 0.1) is 0 Å². The highest BCUT2D eigenvalue weighted by molar-refractivity contribution is 7.89. The summed E-state index contributed by atoms with van der Waals surface area (Å²) >= 11 is 0. The van der Waals surface area contributed by atoms with E-state index in [1.807, 2.05) is 0 Å². The summed E-state index contributed by atoms with van der Waals surface area (Å²) in [4.78, 5) is 23.6. The van der Waals surface area contributed by atoms with Crippen molar-refractivity contribution >= 4 is 21.9 Å². The number of rotatable bonds is 7. The molecule has 0 aromatic heterocycles. The van der Waals surface area contributed by atoms with Crippen molar-refractivity contribution < 1.29 is 22.7 Å². The van der Waals surface area contributed by atoms with Crippen LogP contribution in [-0.4, -0.2) is 57.4 Å². The van der Waals surface area contributed by atoms with Gasteiger partial charge in [0, 0.05) is 32.1 Å². The van der Waals surface area contributed by atoms with Crippen LogP contribution in [0.4, 0.5) is 0 Å². The molecule has 26 heavy (non-hydrogen) atoms. The molecule has 2 rings (SSSR count). The van der Waals surface area contributed by atoms with Crippen molar-refractivity contribution in [2.24, 2.45) is 5.73 Å². The molecule has 1 aromatic carbocycles. The average molecular weight is 383 g/mol. The molecule has 0 saturated carbocycles. The minimum absolute atomic E-state index is 0.00601. The summed E-state index contributed by atoms with van der Waals surface area (Å²) in [7, 11) is -2.69. The molecule has 9 heteroatoms. The van der Waals surface area contributed by atoms with Crippen LogP contribution in [0.5, 0.6) is 0 Å². The predicted molar refractivity (Wildman–Crippen MR) is 96.0 cm³/mol. The van der Waals surface area contributed by atoms with Crippen LogP contribution in [0.2, 0.25) is 0 Å². The molecule has 1 saturated heterocycles. The minimum atomic E-state index is -3.90. The van der Waals surface area contributed by atoms with Crippen molar-refractivity contribution in [1.82, 2.24) is 9.62 Å². The number of piperidine rings is 1. The third-order valence-corrected chi connectivity index (χ3v) is 6.37. The standard InChI is InChI=1S/C17H25N3O5S/c1-25-17(22)14-7-2-3-8-15(14)26(23,24)20-11-5-4-6-13(20)12-19-16(21)9-10-18/h2-3,7-8,13H,4-6,9-12,18H2,1H3,(H,19,21). The van der Waals surface area contributed by atoms with E-state index in [2.05, 4.69) is 5.32 Å². The monoisotopic (exact) mass is 383 g/mol. The molecule has 0 aliphatic carbocycles. The Morgan fingerprint density at radius 2 is 2.04 bits per heavy atom. The third-order valence-electron chi connectivity index (χ3n) is 4.36. The lowest BCUT2D eigenvalue weighted by Crippen LogP contribution is -2.49. The Hall–Kier alpha value is -1.97. The minimum Gasteiger partial charge on any atom is -0.465 e. The Balaban J connectivity index is 2.28. The van der Waals surface area contributed by atoms with Gasteiger partial charge >= 0.3 is 5.97 Å². The first-order valence-electron chi connectivity index (χ1n) is 8.57. The van der Waals surface area contributed by atoms with E-state index in [1.165, 1.54) is 23.5 Å². The van der Waals surface area contributed by atoms with Gasteiger partial charge in [-0.15, -0.1) is 0 Å². The van der Waals surface area contributed by atoms with Gasteiger partial charge in [0.05, 0.1) is 17.6 Å². The second kappa shape index (κ2) is 9.11. The predicted octanol–water partition coefficient (Wildman–Crippen LogP) is 0.481. The Morgan fingerprint density at radius 3 is 2.73 bits per heavy atom. The molecule has 1 aliphatic rings. The van der Waals surface area contributed by atoms with E-state index in [1.54, 1.807) is 12.1 Å². The molecule has 1 aliphatic heterocycles. The molecule has 1 atom stereocenters. The maximum Gasteiger partial charge on any atom is 0.339 e. The number of ether oxygens (including phenoxy) is 1. The van der Waals surface area contributed by atoms with Gasteiger partial charge in [0.1, 0.15) is 0 Å². The number of nitrogens with one attached hydrogen (secondary N) is 1. The van der Waals surface area contributed by atoms with Crippen molar-refractivity contribution in [2.45, 2.75) is 36.6 Å². The lowest BCUT2D eigenvalue weighted by Gasteiger charge is -2.35. The van der Waals surface area contributed by atoms with E-state index in [9.17, 15) is 18.0 Å². The number of nitrogens with two attached hydrogens (primary N) is 1. The highest BCUT2D eigenvalue weighted by Gasteiger charge is 2.35. The molecule has 0 spiro atoms. The summed E-state index contributed by atoms with van der Waals surface area (Å²) in [6.07, 6.45) is 2.45. The van der Waals surface area contributed by atoms with Gasteiger partial charge in [0.2, 0.25) is 15.9 Å². The number of amides is 1. The molecule has 0 radical (unpaired) electrons. The Morgan fingerprint density at radius 1 is 1.31 bits per heavy atom. The summed E-state index contributed by atoms with van der Waals surface area (Å²) in [5, 5.41) is 2.74. The number of carbonyl (C=O) groups excluding carboxylic acids is 2. The first-order valence-corrected chi connectivity index (χ1v) is 10.0. The summed E-state index contributed by atoms with van der Waals surface area (Å²) in [5.41, 5.74) is 5.36. The van der Waals surface area contributed by atoms with E-state index in [-0.39, 0.29) is 41.9 Å². The normalized spacial score (nSPS) is 18.3.